The first-order valence-corrected chi connectivity index (χ1v) is 7.88. The topological polar surface area (TPSA) is 63.7 Å². The number of nitrogens with zero attached hydrogens (tertiary/aromatic N) is 1. The second-order valence-electron chi connectivity index (χ2n) is 3.98. The molecule has 1 aliphatic rings. The van der Waals surface area contributed by atoms with Gasteiger partial charge >= 0.3 is 5.97 Å². The molecule has 0 aromatic heterocycles. The van der Waals surface area contributed by atoms with E-state index in [0.717, 1.165) is 0 Å². The monoisotopic (exact) mass is 349 g/mol. The molecule has 0 unspecified atom stereocenters. The molecule has 5 nitrogen and oxygen atoms in total. The van der Waals surface area contributed by atoms with Crippen LogP contribution in [0.15, 0.2) is 27.6 Å². The van der Waals surface area contributed by atoms with Crippen LogP contribution in [0.1, 0.15) is 22.2 Å². The van der Waals surface area contributed by atoms with Gasteiger partial charge < -0.3 is 4.74 Å². The van der Waals surface area contributed by atoms with E-state index in [9.17, 15) is 13.2 Å². The number of carbonyl (C=O) groups is 1. The zero-order chi connectivity index (χ0) is 16.0. The van der Waals surface area contributed by atoms with E-state index in [4.69, 9.17) is 7.48 Å². The Kier molecular flexibility index (Phi) is 3.26. The molecule has 0 saturated carbocycles. The lowest BCUT2D eigenvalue weighted by Crippen LogP contribution is -2.40. The maximum atomic E-state index is 12.6. The summed E-state index contributed by atoms with van der Waals surface area (Å²) in [7, 11) is -4.11. The second-order valence-corrected chi connectivity index (χ2v) is 6.68. The van der Waals surface area contributed by atoms with Gasteiger partial charge in [0, 0.05) is 13.7 Å². The normalized spacial score (nSPS) is 23.1. The van der Waals surface area contributed by atoms with Gasteiger partial charge in [-0.15, -0.1) is 0 Å². The van der Waals surface area contributed by atoms with E-state index >= 15 is 0 Å². The van der Waals surface area contributed by atoms with Gasteiger partial charge in [0.15, 0.2) is 0 Å². The van der Waals surface area contributed by atoms with Crippen molar-refractivity contribution >= 4 is 31.9 Å². The van der Waals surface area contributed by atoms with Crippen LogP contribution in [0.2, 0.25) is 0 Å². The standard InChI is InChI=1S/C12H14BrNO4S/c1-3-18-12(15)8(2)14-7-9-4-5-10(13)6-11(9)19(14,16)17/h4-6,8H,3,7H2,1-2H3/t8-/m1/s1/i7D2. The molecule has 0 saturated heterocycles. The van der Waals surface area contributed by atoms with Crippen LogP contribution < -0.4 is 0 Å². The van der Waals surface area contributed by atoms with Crippen molar-refractivity contribution in [3.05, 3.63) is 28.2 Å². The van der Waals surface area contributed by atoms with Crippen molar-refractivity contribution < 1.29 is 20.7 Å². The fourth-order valence-corrected chi connectivity index (χ4v) is 3.86. The van der Waals surface area contributed by atoms with Crippen molar-refractivity contribution in [2.45, 2.75) is 31.3 Å². The molecule has 0 fully saturated rings. The molecule has 0 aliphatic carbocycles. The zero-order valence-electron chi connectivity index (χ0n) is 12.4. The van der Waals surface area contributed by atoms with Crippen molar-refractivity contribution in [3.8, 4) is 0 Å². The van der Waals surface area contributed by atoms with E-state index in [0.29, 0.717) is 8.78 Å². The third-order valence-electron chi connectivity index (χ3n) is 2.69. The number of benzene rings is 1. The first kappa shape index (κ1) is 11.9. The smallest absolute Gasteiger partial charge is 0.324 e. The Morgan fingerprint density at radius 3 is 2.95 bits per heavy atom. The van der Waals surface area contributed by atoms with Gasteiger partial charge in [0.05, 0.1) is 11.5 Å². The predicted molar refractivity (Wildman–Crippen MR) is 73.0 cm³/mol. The molecule has 19 heavy (non-hydrogen) atoms. The van der Waals surface area contributed by atoms with Crippen LogP contribution in [-0.2, 0) is 26.1 Å². The first-order valence-electron chi connectivity index (χ1n) is 6.65. The van der Waals surface area contributed by atoms with E-state index < -0.39 is 28.5 Å². The summed E-state index contributed by atoms with van der Waals surface area (Å²) in [5.74, 6) is -0.781. The molecule has 1 atom stereocenters. The molecule has 0 radical (unpaired) electrons. The lowest BCUT2D eigenvalue weighted by Gasteiger charge is -2.20. The van der Waals surface area contributed by atoms with Gasteiger partial charge in [-0.1, -0.05) is 22.0 Å². The van der Waals surface area contributed by atoms with Crippen LogP contribution in [-0.4, -0.2) is 31.3 Å². The summed E-state index contributed by atoms with van der Waals surface area (Å²) < 4.78 is 47.2. The van der Waals surface area contributed by atoms with Crippen molar-refractivity contribution in [1.29, 1.82) is 0 Å². The van der Waals surface area contributed by atoms with E-state index in [2.05, 4.69) is 15.9 Å². The molecular formula is C12H14BrNO4S. The van der Waals surface area contributed by atoms with Gasteiger partial charge in [0.25, 0.3) is 0 Å². The molecule has 0 amide bonds. The molecule has 104 valence electrons. The summed E-state index contributed by atoms with van der Waals surface area (Å²) in [6.07, 6.45) is 0. The van der Waals surface area contributed by atoms with E-state index in [-0.39, 0.29) is 17.1 Å². The number of fused-ring (bicyclic) bond motifs is 1. The van der Waals surface area contributed by atoms with Crippen LogP contribution in [0.25, 0.3) is 0 Å². The predicted octanol–water partition coefficient (Wildman–Crippen LogP) is 1.91. The number of hydrogen-bond acceptors (Lipinski definition) is 4. The summed E-state index contributed by atoms with van der Waals surface area (Å²) in [4.78, 5) is 11.7. The average molecular weight is 350 g/mol. The van der Waals surface area contributed by atoms with Crippen LogP contribution in [0.3, 0.4) is 0 Å². The highest BCUT2D eigenvalue weighted by Crippen LogP contribution is 2.33. The highest BCUT2D eigenvalue weighted by Gasteiger charge is 2.40. The molecule has 0 N–H and O–H groups in total. The summed E-state index contributed by atoms with van der Waals surface area (Å²) >= 11 is 3.17. The Morgan fingerprint density at radius 2 is 2.32 bits per heavy atom. The largest absolute Gasteiger partial charge is 0.465 e. The molecule has 7 heteroatoms. The van der Waals surface area contributed by atoms with Gasteiger partial charge in [-0.3, -0.25) is 4.79 Å². The third kappa shape index (κ3) is 2.54. The van der Waals surface area contributed by atoms with E-state index in [1.54, 1.807) is 13.0 Å². The Hall–Kier alpha value is -0.920. The molecule has 1 aliphatic heterocycles. The third-order valence-corrected chi connectivity index (χ3v) is 5.00. The number of sulfonamides is 1. The molecule has 1 aromatic carbocycles. The van der Waals surface area contributed by atoms with Crippen molar-refractivity contribution in [3.63, 3.8) is 0 Å². The van der Waals surface area contributed by atoms with Crippen molar-refractivity contribution in [2.24, 2.45) is 0 Å². The van der Waals surface area contributed by atoms with Gasteiger partial charge in [0.1, 0.15) is 6.04 Å². The molecule has 0 bridgehead atoms. The Labute approximate surface area is 123 Å². The summed E-state index contributed by atoms with van der Waals surface area (Å²) in [5.41, 5.74) is 0.0156. The average Bonchev–Trinajstić information content (AvgIpc) is 2.52. The van der Waals surface area contributed by atoms with Gasteiger partial charge in [-0.25, -0.2) is 8.42 Å². The van der Waals surface area contributed by atoms with Gasteiger partial charge in [0.2, 0.25) is 10.0 Å². The molecule has 1 heterocycles. The summed E-state index contributed by atoms with van der Waals surface area (Å²) in [6, 6.07) is 3.04. The summed E-state index contributed by atoms with van der Waals surface area (Å²) in [6.45, 7) is 0.706. The number of rotatable bonds is 3. The van der Waals surface area contributed by atoms with Crippen LogP contribution in [0, 0.1) is 0 Å². The van der Waals surface area contributed by atoms with Gasteiger partial charge in [-0.2, -0.15) is 4.31 Å². The molecule has 1 aromatic rings. The highest BCUT2D eigenvalue weighted by molar-refractivity contribution is 9.10. The second kappa shape index (κ2) is 5.22. The van der Waals surface area contributed by atoms with E-state index in [1.807, 2.05) is 0 Å². The Balaban J connectivity index is 2.58. The first-order chi connectivity index (χ1) is 9.64. The van der Waals surface area contributed by atoms with Crippen LogP contribution in [0.5, 0.6) is 0 Å². The minimum absolute atomic E-state index is 0.0156. The SMILES string of the molecule is [2H]C1([2H])c2ccc(Br)cc2S(=O)(=O)N1[C@H](C)C(=O)OCC. The minimum atomic E-state index is -4.11. The Bertz CT molecular complexity index is 692. The fraction of sp³-hybridized carbons (Fsp3) is 0.417. The number of ether oxygens (including phenoxy) is 1. The van der Waals surface area contributed by atoms with Crippen LogP contribution >= 0.6 is 15.9 Å². The molecular weight excluding hydrogens is 334 g/mol. The number of carbonyl (C=O) groups excluding carboxylic acids is 1. The quantitative estimate of drug-likeness (QED) is 0.782. The number of hydrogen-bond donors (Lipinski definition) is 0. The van der Waals surface area contributed by atoms with Crippen molar-refractivity contribution in [1.82, 2.24) is 4.31 Å². The number of halogens is 1. The maximum Gasteiger partial charge on any atom is 0.324 e. The minimum Gasteiger partial charge on any atom is -0.465 e. The lowest BCUT2D eigenvalue weighted by molar-refractivity contribution is -0.147. The van der Waals surface area contributed by atoms with Crippen LogP contribution in [0.4, 0.5) is 0 Å². The lowest BCUT2D eigenvalue weighted by atomic mass is 10.2. The maximum absolute atomic E-state index is 12.6. The molecule has 2 rings (SSSR count). The fourth-order valence-electron chi connectivity index (χ4n) is 1.75. The highest BCUT2D eigenvalue weighted by atomic mass is 79.9. The van der Waals surface area contributed by atoms with Crippen molar-refractivity contribution in [2.75, 3.05) is 6.61 Å². The number of esters is 1. The Morgan fingerprint density at radius 1 is 1.63 bits per heavy atom. The molecule has 0 spiro atoms. The zero-order valence-corrected chi connectivity index (χ0v) is 12.8. The summed E-state index contributed by atoms with van der Waals surface area (Å²) in [5, 5.41) is 0. The van der Waals surface area contributed by atoms with Gasteiger partial charge in [-0.05, 0) is 31.5 Å². The van der Waals surface area contributed by atoms with E-state index in [1.165, 1.54) is 19.1 Å².